The number of carbonyl (C=O) groups is 2. The van der Waals surface area contributed by atoms with Gasteiger partial charge in [-0.25, -0.2) is 0 Å². The first kappa shape index (κ1) is 29.0. The molecule has 1 aliphatic heterocycles. The molecular formula is C32H48O7. The van der Waals surface area contributed by atoms with E-state index in [1.807, 2.05) is 13.8 Å². The van der Waals surface area contributed by atoms with E-state index >= 15 is 0 Å². The molecule has 39 heavy (non-hydrogen) atoms. The summed E-state index contributed by atoms with van der Waals surface area (Å²) in [6.07, 6.45) is 6.85. The van der Waals surface area contributed by atoms with Gasteiger partial charge in [0, 0.05) is 23.7 Å². The number of fused-ring (bicyclic) bond motifs is 5. The van der Waals surface area contributed by atoms with Crippen molar-refractivity contribution in [3.8, 4) is 0 Å². The van der Waals surface area contributed by atoms with Gasteiger partial charge in [0.2, 0.25) is 0 Å². The van der Waals surface area contributed by atoms with Crippen molar-refractivity contribution in [3.05, 3.63) is 23.8 Å². The zero-order chi connectivity index (χ0) is 28.9. The van der Waals surface area contributed by atoms with Crippen LogP contribution in [-0.4, -0.2) is 57.3 Å². The third kappa shape index (κ3) is 4.04. The maximum Gasteiger partial charge on any atom is 0.302 e. The van der Waals surface area contributed by atoms with Crippen LogP contribution in [0.3, 0.4) is 0 Å². The highest BCUT2D eigenvalue weighted by Crippen LogP contribution is 2.72. The summed E-state index contributed by atoms with van der Waals surface area (Å²) in [4.78, 5) is 25.4. The Kier molecular flexibility index (Phi) is 6.67. The van der Waals surface area contributed by atoms with Crippen LogP contribution < -0.4 is 0 Å². The second kappa shape index (κ2) is 8.98. The Bertz CT molecular complexity index is 1100. The van der Waals surface area contributed by atoms with Crippen LogP contribution in [0.1, 0.15) is 87.5 Å². The van der Waals surface area contributed by atoms with E-state index in [4.69, 9.17) is 9.47 Å². The fraction of sp³-hybridized carbons (Fsp3) is 0.812. The highest BCUT2D eigenvalue weighted by atomic mass is 16.6. The highest BCUT2D eigenvalue weighted by molar-refractivity contribution is 5.95. The number of ketones is 1. The maximum atomic E-state index is 13.0. The van der Waals surface area contributed by atoms with Gasteiger partial charge in [0.1, 0.15) is 12.2 Å². The summed E-state index contributed by atoms with van der Waals surface area (Å²) in [6.45, 7) is 15.5. The van der Waals surface area contributed by atoms with Gasteiger partial charge in [0.15, 0.2) is 12.1 Å². The van der Waals surface area contributed by atoms with Crippen LogP contribution in [0.4, 0.5) is 0 Å². The van der Waals surface area contributed by atoms with Gasteiger partial charge in [0.25, 0.3) is 0 Å². The van der Waals surface area contributed by atoms with Crippen molar-refractivity contribution < 1.29 is 34.4 Å². The molecule has 4 aliphatic carbocycles. The van der Waals surface area contributed by atoms with E-state index in [0.29, 0.717) is 12.8 Å². The number of aliphatic hydroxyl groups is 3. The van der Waals surface area contributed by atoms with E-state index in [1.54, 1.807) is 19.9 Å². The zero-order valence-electron chi connectivity index (χ0n) is 24.9. The molecule has 0 unspecified atom stereocenters. The first-order valence-corrected chi connectivity index (χ1v) is 14.7. The lowest BCUT2D eigenvalue weighted by Gasteiger charge is -2.66. The molecule has 0 spiro atoms. The normalized spacial score (nSPS) is 47.6. The van der Waals surface area contributed by atoms with Crippen LogP contribution in [-0.2, 0) is 19.1 Å². The van der Waals surface area contributed by atoms with Crippen LogP contribution >= 0.6 is 0 Å². The molecule has 1 heterocycles. The number of aliphatic hydroxyl groups excluding tert-OH is 2. The van der Waals surface area contributed by atoms with Gasteiger partial charge in [-0.3, -0.25) is 9.59 Å². The molecule has 11 atom stereocenters. The molecule has 7 nitrogen and oxygen atoms in total. The molecule has 0 bridgehead atoms. The minimum atomic E-state index is -1.33. The first-order valence-electron chi connectivity index (χ1n) is 14.7. The van der Waals surface area contributed by atoms with Gasteiger partial charge in [-0.15, -0.1) is 0 Å². The predicted octanol–water partition coefficient (Wildman–Crippen LogP) is 4.33. The summed E-state index contributed by atoms with van der Waals surface area (Å²) in [5.74, 6) is -0.0112. The summed E-state index contributed by atoms with van der Waals surface area (Å²) in [5.41, 5.74) is -1.46. The summed E-state index contributed by atoms with van der Waals surface area (Å²) in [7, 11) is 0. The van der Waals surface area contributed by atoms with E-state index in [-0.39, 0.29) is 52.4 Å². The molecular weight excluding hydrogens is 496 g/mol. The van der Waals surface area contributed by atoms with Gasteiger partial charge >= 0.3 is 5.97 Å². The van der Waals surface area contributed by atoms with E-state index < -0.39 is 34.9 Å². The molecule has 3 N–H and O–H groups in total. The second-order valence-corrected chi connectivity index (χ2v) is 15.0. The first-order chi connectivity index (χ1) is 17.9. The van der Waals surface area contributed by atoms with E-state index in [0.717, 1.165) is 19.3 Å². The van der Waals surface area contributed by atoms with E-state index in [2.05, 4.69) is 32.9 Å². The Hall–Kier alpha value is -1.54. The molecule has 2 saturated carbocycles. The number of esters is 1. The van der Waals surface area contributed by atoms with Crippen molar-refractivity contribution >= 4 is 11.8 Å². The summed E-state index contributed by atoms with van der Waals surface area (Å²) in [5, 5.41) is 32.1. The van der Waals surface area contributed by atoms with Crippen LogP contribution in [0, 0.1) is 45.3 Å². The monoisotopic (exact) mass is 544 g/mol. The number of ether oxygens (including phenoxy) is 2. The van der Waals surface area contributed by atoms with Gasteiger partial charge in [-0.1, -0.05) is 52.3 Å². The minimum Gasteiger partial charge on any atom is -0.462 e. The minimum absolute atomic E-state index is 0.0567. The quantitative estimate of drug-likeness (QED) is 0.357. The number of hydrogen-bond acceptors (Lipinski definition) is 7. The second-order valence-electron chi connectivity index (χ2n) is 15.0. The summed E-state index contributed by atoms with van der Waals surface area (Å²) >= 11 is 0. The Morgan fingerprint density at radius 3 is 2.44 bits per heavy atom. The van der Waals surface area contributed by atoms with Crippen molar-refractivity contribution in [1.82, 2.24) is 0 Å². The Morgan fingerprint density at radius 2 is 1.82 bits per heavy atom. The lowest BCUT2D eigenvalue weighted by molar-refractivity contribution is -0.190. The molecule has 5 aliphatic rings. The summed E-state index contributed by atoms with van der Waals surface area (Å²) in [6, 6.07) is 0. The Labute approximate surface area is 233 Å². The molecule has 0 aromatic carbocycles. The van der Waals surface area contributed by atoms with E-state index in [9.17, 15) is 24.9 Å². The highest BCUT2D eigenvalue weighted by Gasteiger charge is 2.69. The number of hydrogen-bond donors (Lipinski definition) is 3. The molecule has 7 heteroatoms. The lowest BCUT2D eigenvalue weighted by atomic mass is 9.38. The number of allylic oxidation sites excluding steroid dienone is 3. The smallest absolute Gasteiger partial charge is 0.302 e. The largest absolute Gasteiger partial charge is 0.462 e. The number of carbonyl (C=O) groups excluding carboxylic acids is 2. The summed E-state index contributed by atoms with van der Waals surface area (Å²) < 4.78 is 12.0. The molecule has 0 aromatic rings. The van der Waals surface area contributed by atoms with Crippen LogP contribution in [0.25, 0.3) is 0 Å². The third-order valence-corrected chi connectivity index (χ3v) is 12.1. The molecule has 0 radical (unpaired) electrons. The molecule has 5 rings (SSSR count). The van der Waals surface area contributed by atoms with Gasteiger partial charge in [-0.2, -0.15) is 0 Å². The lowest BCUT2D eigenvalue weighted by Crippen LogP contribution is -2.64. The van der Waals surface area contributed by atoms with Crippen molar-refractivity contribution in [3.63, 3.8) is 0 Å². The third-order valence-electron chi connectivity index (χ3n) is 12.1. The van der Waals surface area contributed by atoms with Crippen LogP contribution in [0.15, 0.2) is 23.8 Å². The average Bonchev–Trinajstić information content (AvgIpc) is 3.36. The molecule has 0 amide bonds. The number of rotatable bonds is 4. The van der Waals surface area contributed by atoms with Crippen molar-refractivity contribution in [2.45, 2.75) is 118 Å². The fourth-order valence-corrected chi connectivity index (χ4v) is 10.0. The molecule has 3 fully saturated rings. The van der Waals surface area contributed by atoms with Crippen LogP contribution in [0.2, 0.25) is 0 Å². The topological polar surface area (TPSA) is 113 Å². The zero-order valence-corrected chi connectivity index (χ0v) is 24.9. The van der Waals surface area contributed by atoms with Gasteiger partial charge in [0.05, 0.1) is 11.7 Å². The van der Waals surface area contributed by atoms with Crippen molar-refractivity contribution in [2.75, 3.05) is 0 Å². The van der Waals surface area contributed by atoms with Crippen molar-refractivity contribution in [2.24, 2.45) is 45.3 Å². The Balaban J connectivity index is 1.52. The van der Waals surface area contributed by atoms with E-state index in [1.165, 1.54) is 12.5 Å². The standard InChI is InChI=1S/C32H48O7/c1-17(33)38-25-16-23-28(2,3)24(34)12-14-31(23,7)22-11-13-30(6)19(9-10-21(30)32(22,25)8)18-15-20(39-27(18)36)26(35)29(4,5)37/h10,12,14,18-20,22-23,25-27,35-37H,9,11,13,15-16H2,1-8H3/t18-,19-,20+,22-,23-,25+,26-,27-,30-,31+,32-/m0/s1. The van der Waals surface area contributed by atoms with Crippen LogP contribution in [0.5, 0.6) is 0 Å². The maximum absolute atomic E-state index is 13.0. The molecule has 1 saturated heterocycles. The fourth-order valence-electron chi connectivity index (χ4n) is 10.0. The average molecular weight is 545 g/mol. The van der Waals surface area contributed by atoms with Gasteiger partial charge < -0.3 is 24.8 Å². The molecule has 0 aromatic heterocycles. The van der Waals surface area contributed by atoms with Gasteiger partial charge in [-0.05, 0) is 80.6 Å². The SMILES string of the molecule is CC(=O)O[C@@H]1C[C@H]2C(C)(C)C(=O)C=C[C@]2(C)[C@@H]2CC[C@]3(C)C(=CC[C@H]3[C@@H]3C[C@H]([C@H](O)C(C)(C)O)O[C@@H]3O)[C@]12C. The Morgan fingerprint density at radius 1 is 1.15 bits per heavy atom. The van der Waals surface area contributed by atoms with Crippen molar-refractivity contribution in [1.29, 1.82) is 0 Å². The molecule has 218 valence electrons. The predicted molar refractivity (Wildman–Crippen MR) is 146 cm³/mol.